The van der Waals surface area contributed by atoms with Crippen molar-refractivity contribution in [2.24, 2.45) is 5.73 Å². The molecule has 2 aromatic rings. The Kier molecular flexibility index (Phi) is 3.51. The Morgan fingerprint density at radius 1 is 1.21 bits per heavy atom. The Bertz CT molecular complexity index is 597. The molecule has 0 aliphatic rings. The molecule has 0 saturated carbocycles. The second-order valence-electron chi connectivity index (χ2n) is 3.79. The van der Waals surface area contributed by atoms with Gasteiger partial charge in [0.2, 0.25) is 11.8 Å². The van der Waals surface area contributed by atoms with Crippen LogP contribution in [0.5, 0.6) is 17.4 Å². The van der Waals surface area contributed by atoms with Crippen LogP contribution in [0.25, 0.3) is 0 Å². The number of benzene rings is 1. The molecule has 1 aromatic heterocycles. The standard InChI is InChI=1S/C13H13N3O3/c1-18-10-4-8(13(15)17)5-11(6-10)19-12-3-2-9(14)7-16-12/h2-7H,14H2,1H3,(H2,15,17). The van der Waals surface area contributed by atoms with Crippen LogP contribution in [-0.2, 0) is 0 Å². The third kappa shape index (κ3) is 3.12. The molecule has 98 valence electrons. The molecule has 0 spiro atoms. The molecule has 1 heterocycles. The fourth-order valence-electron chi connectivity index (χ4n) is 1.46. The lowest BCUT2D eigenvalue weighted by Crippen LogP contribution is -2.11. The number of nitrogens with zero attached hydrogens (tertiary/aromatic N) is 1. The molecule has 0 aliphatic heterocycles. The Labute approximate surface area is 110 Å². The van der Waals surface area contributed by atoms with Crippen LogP contribution in [0.2, 0.25) is 0 Å². The predicted molar refractivity (Wildman–Crippen MR) is 70.2 cm³/mol. The smallest absolute Gasteiger partial charge is 0.248 e. The summed E-state index contributed by atoms with van der Waals surface area (Å²) in [6.07, 6.45) is 1.48. The zero-order valence-corrected chi connectivity index (χ0v) is 10.3. The first-order valence-electron chi connectivity index (χ1n) is 5.47. The number of hydrogen-bond donors (Lipinski definition) is 2. The van der Waals surface area contributed by atoms with Gasteiger partial charge in [-0.3, -0.25) is 4.79 Å². The second-order valence-corrected chi connectivity index (χ2v) is 3.79. The van der Waals surface area contributed by atoms with E-state index in [1.54, 1.807) is 18.2 Å². The number of anilines is 1. The number of carbonyl (C=O) groups is 1. The third-order valence-corrected chi connectivity index (χ3v) is 2.38. The molecule has 1 amide bonds. The normalized spacial score (nSPS) is 9.95. The van der Waals surface area contributed by atoms with Gasteiger partial charge in [-0.15, -0.1) is 0 Å². The Balaban J connectivity index is 2.31. The molecule has 6 nitrogen and oxygen atoms in total. The maximum atomic E-state index is 11.2. The van der Waals surface area contributed by atoms with Crippen LogP contribution in [0.4, 0.5) is 5.69 Å². The van der Waals surface area contributed by atoms with Gasteiger partial charge in [0.05, 0.1) is 19.0 Å². The van der Waals surface area contributed by atoms with E-state index >= 15 is 0 Å². The van der Waals surface area contributed by atoms with Gasteiger partial charge in [0, 0.05) is 17.7 Å². The highest BCUT2D eigenvalue weighted by Gasteiger charge is 2.08. The molecule has 0 atom stereocenters. The zero-order valence-electron chi connectivity index (χ0n) is 10.3. The van der Waals surface area contributed by atoms with E-state index in [9.17, 15) is 4.79 Å². The van der Waals surface area contributed by atoms with Crippen LogP contribution in [0, 0.1) is 0 Å². The maximum Gasteiger partial charge on any atom is 0.248 e. The van der Waals surface area contributed by atoms with Crippen LogP contribution in [0.3, 0.4) is 0 Å². The van der Waals surface area contributed by atoms with E-state index < -0.39 is 5.91 Å². The van der Waals surface area contributed by atoms with Crippen LogP contribution in [0.15, 0.2) is 36.5 Å². The van der Waals surface area contributed by atoms with Gasteiger partial charge >= 0.3 is 0 Å². The molecule has 2 rings (SSSR count). The van der Waals surface area contributed by atoms with Crippen LogP contribution < -0.4 is 20.9 Å². The lowest BCUT2D eigenvalue weighted by molar-refractivity contribution is 0.0999. The molecule has 1 aromatic carbocycles. The van der Waals surface area contributed by atoms with Crippen molar-refractivity contribution >= 4 is 11.6 Å². The van der Waals surface area contributed by atoms with Crippen LogP contribution in [-0.4, -0.2) is 18.0 Å². The molecule has 4 N–H and O–H groups in total. The first-order valence-corrected chi connectivity index (χ1v) is 5.47. The monoisotopic (exact) mass is 259 g/mol. The molecular weight excluding hydrogens is 246 g/mol. The highest BCUT2D eigenvalue weighted by atomic mass is 16.5. The first-order chi connectivity index (χ1) is 9.08. The van der Waals surface area contributed by atoms with Crippen molar-refractivity contribution in [2.45, 2.75) is 0 Å². The summed E-state index contributed by atoms with van der Waals surface area (Å²) in [6, 6.07) is 7.97. The highest BCUT2D eigenvalue weighted by Crippen LogP contribution is 2.26. The number of hydrogen-bond acceptors (Lipinski definition) is 5. The largest absolute Gasteiger partial charge is 0.497 e. The summed E-state index contributed by atoms with van der Waals surface area (Å²) in [5.41, 5.74) is 11.6. The van der Waals surface area contributed by atoms with E-state index in [0.717, 1.165) is 0 Å². The molecule has 0 fully saturated rings. The number of aromatic nitrogens is 1. The average Bonchev–Trinajstić information content (AvgIpc) is 2.41. The molecule has 0 saturated heterocycles. The summed E-state index contributed by atoms with van der Waals surface area (Å²) >= 11 is 0. The number of methoxy groups -OCH3 is 1. The van der Waals surface area contributed by atoms with Crippen molar-refractivity contribution < 1.29 is 14.3 Å². The van der Waals surface area contributed by atoms with E-state index in [0.29, 0.717) is 28.6 Å². The van der Waals surface area contributed by atoms with Crippen LogP contribution >= 0.6 is 0 Å². The summed E-state index contributed by atoms with van der Waals surface area (Å²) < 4.78 is 10.6. The van der Waals surface area contributed by atoms with Crippen molar-refractivity contribution in [1.29, 1.82) is 0 Å². The number of nitrogens with two attached hydrogens (primary N) is 2. The predicted octanol–water partition coefficient (Wildman–Crippen LogP) is 1.56. The van der Waals surface area contributed by atoms with Gasteiger partial charge in [-0.05, 0) is 18.2 Å². The fourth-order valence-corrected chi connectivity index (χ4v) is 1.46. The van der Waals surface area contributed by atoms with Crippen molar-refractivity contribution in [3.05, 3.63) is 42.1 Å². The summed E-state index contributed by atoms with van der Waals surface area (Å²) in [4.78, 5) is 15.2. The van der Waals surface area contributed by atoms with Gasteiger partial charge < -0.3 is 20.9 Å². The lowest BCUT2D eigenvalue weighted by Gasteiger charge is -2.08. The number of rotatable bonds is 4. The van der Waals surface area contributed by atoms with E-state index in [4.69, 9.17) is 20.9 Å². The minimum atomic E-state index is -0.561. The topological polar surface area (TPSA) is 100 Å². The zero-order chi connectivity index (χ0) is 13.8. The molecule has 0 aliphatic carbocycles. The minimum absolute atomic E-state index is 0.296. The van der Waals surface area contributed by atoms with Crippen LogP contribution in [0.1, 0.15) is 10.4 Å². The Morgan fingerprint density at radius 2 is 1.95 bits per heavy atom. The van der Waals surface area contributed by atoms with Gasteiger partial charge in [0.1, 0.15) is 11.5 Å². The summed E-state index contributed by atoms with van der Waals surface area (Å²) in [7, 11) is 1.49. The third-order valence-electron chi connectivity index (χ3n) is 2.38. The molecule has 0 radical (unpaired) electrons. The van der Waals surface area contributed by atoms with Gasteiger partial charge in [-0.1, -0.05) is 0 Å². The van der Waals surface area contributed by atoms with Gasteiger partial charge in [-0.2, -0.15) is 0 Å². The quantitative estimate of drug-likeness (QED) is 0.867. The second kappa shape index (κ2) is 5.26. The average molecular weight is 259 g/mol. The summed E-state index contributed by atoms with van der Waals surface area (Å²) in [5.74, 6) is 0.680. The lowest BCUT2D eigenvalue weighted by atomic mass is 10.2. The van der Waals surface area contributed by atoms with Crippen molar-refractivity contribution in [2.75, 3.05) is 12.8 Å². The van der Waals surface area contributed by atoms with Crippen molar-refractivity contribution in [3.63, 3.8) is 0 Å². The summed E-state index contributed by atoms with van der Waals surface area (Å²) in [6.45, 7) is 0. The number of carbonyl (C=O) groups excluding carboxylic acids is 1. The summed E-state index contributed by atoms with van der Waals surface area (Å²) in [5, 5.41) is 0. The molecule has 6 heteroatoms. The van der Waals surface area contributed by atoms with Gasteiger partial charge in [0.15, 0.2) is 0 Å². The molecular formula is C13H13N3O3. The number of amides is 1. The van der Waals surface area contributed by atoms with Gasteiger partial charge in [0.25, 0.3) is 0 Å². The Morgan fingerprint density at radius 3 is 2.53 bits per heavy atom. The number of nitrogen functional groups attached to an aromatic ring is 1. The first kappa shape index (κ1) is 12.7. The number of ether oxygens (including phenoxy) is 2. The number of pyridine rings is 1. The van der Waals surface area contributed by atoms with E-state index in [-0.39, 0.29) is 0 Å². The maximum absolute atomic E-state index is 11.2. The Hall–Kier alpha value is -2.76. The number of primary amides is 1. The van der Waals surface area contributed by atoms with E-state index in [1.807, 2.05) is 0 Å². The molecule has 0 bridgehead atoms. The SMILES string of the molecule is COc1cc(Oc2ccc(N)cn2)cc(C(N)=O)c1. The van der Waals surface area contributed by atoms with E-state index in [1.165, 1.54) is 25.4 Å². The molecule has 19 heavy (non-hydrogen) atoms. The van der Waals surface area contributed by atoms with Crippen molar-refractivity contribution in [3.8, 4) is 17.4 Å². The molecule has 0 unspecified atom stereocenters. The van der Waals surface area contributed by atoms with Gasteiger partial charge in [-0.25, -0.2) is 4.98 Å². The fraction of sp³-hybridized carbons (Fsp3) is 0.0769. The minimum Gasteiger partial charge on any atom is -0.497 e. The van der Waals surface area contributed by atoms with Crippen molar-refractivity contribution in [1.82, 2.24) is 4.98 Å². The van der Waals surface area contributed by atoms with E-state index in [2.05, 4.69) is 4.98 Å². The highest BCUT2D eigenvalue weighted by molar-refractivity contribution is 5.93.